The smallest absolute Gasteiger partial charge is 0.336 e. The lowest BCUT2D eigenvalue weighted by Gasteiger charge is -2.12. The summed E-state index contributed by atoms with van der Waals surface area (Å²) in [5.74, 6) is -1.38. The number of amides is 1. The van der Waals surface area contributed by atoms with Gasteiger partial charge < -0.3 is 10.4 Å². The minimum Gasteiger partial charge on any atom is -0.478 e. The molecule has 114 valence electrons. The van der Waals surface area contributed by atoms with E-state index in [1.54, 1.807) is 6.92 Å². The molecule has 1 aliphatic rings. The van der Waals surface area contributed by atoms with Crippen molar-refractivity contribution < 1.29 is 23.1 Å². The van der Waals surface area contributed by atoms with E-state index in [0.717, 1.165) is 6.07 Å². The number of sulfonamides is 1. The summed E-state index contributed by atoms with van der Waals surface area (Å²) in [7, 11) is -3.85. The van der Waals surface area contributed by atoms with Gasteiger partial charge in [-0.3, -0.25) is 4.79 Å². The zero-order valence-corrected chi connectivity index (χ0v) is 12.2. The zero-order valence-electron chi connectivity index (χ0n) is 11.4. The molecule has 2 rings (SSSR count). The molecule has 1 aliphatic heterocycles. The second-order valence-electron chi connectivity index (χ2n) is 4.80. The van der Waals surface area contributed by atoms with Gasteiger partial charge in [-0.05, 0) is 24.1 Å². The molecular weight excluding hydrogens is 296 g/mol. The Labute approximate surface area is 122 Å². The van der Waals surface area contributed by atoms with Crippen LogP contribution < -0.4 is 10.0 Å². The standard InChI is InChI=1S/C13H16N2O5S/c1-2-8-3-4-10(6-11(8)13(17)18)21(19,20)15-9-5-12(16)14-7-9/h3-4,6,9,15H,2,5,7H2,1H3,(H,14,16)(H,17,18). The third kappa shape index (κ3) is 3.40. The van der Waals surface area contributed by atoms with E-state index in [0.29, 0.717) is 12.0 Å². The number of carbonyl (C=O) groups is 2. The van der Waals surface area contributed by atoms with E-state index in [2.05, 4.69) is 10.0 Å². The van der Waals surface area contributed by atoms with Crippen molar-refractivity contribution in [1.29, 1.82) is 0 Å². The lowest BCUT2D eigenvalue weighted by atomic mass is 10.1. The summed E-state index contributed by atoms with van der Waals surface area (Å²) < 4.78 is 26.9. The van der Waals surface area contributed by atoms with Gasteiger partial charge in [-0.25, -0.2) is 17.9 Å². The van der Waals surface area contributed by atoms with Crippen LogP contribution in [0, 0.1) is 0 Å². The number of carboxylic acid groups (broad SMARTS) is 1. The second-order valence-corrected chi connectivity index (χ2v) is 6.52. The summed E-state index contributed by atoms with van der Waals surface area (Å²) in [6.45, 7) is 2.03. The number of carbonyl (C=O) groups excluding carboxylic acids is 1. The van der Waals surface area contributed by atoms with Crippen LogP contribution in [0.1, 0.15) is 29.3 Å². The number of nitrogens with one attached hydrogen (secondary N) is 2. The van der Waals surface area contributed by atoms with E-state index in [1.165, 1.54) is 12.1 Å². The highest BCUT2D eigenvalue weighted by molar-refractivity contribution is 7.89. The summed E-state index contributed by atoms with van der Waals surface area (Å²) in [6, 6.07) is 3.50. The van der Waals surface area contributed by atoms with E-state index >= 15 is 0 Å². The molecule has 1 atom stereocenters. The van der Waals surface area contributed by atoms with Gasteiger partial charge in [0.2, 0.25) is 15.9 Å². The Balaban J connectivity index is 2.29. The molecule has 1 amide bonds. The van der Waals surface area contributed by atoms with Crippen molar-refractivity contribution in [2.24, 2.45) is 0 Å². The van der Waals surface area contributed by atoms with Gasteiger partial charge in [0.25, 0.3) is 0 Å². The second kappa shape index (κ2) is 5.82. The maximum absolute atomic E-state index is 12.2. The first-order chi connectivity index (χ1) is 9.83. The molecule has 0 bridgehead atoms. The molecule has 8 heteroatoms. The monoisotopic (exact) mass is 312 g/mol. The normalized spacial score (nSPS) is 18.5. The predicted octanol–water partition coefficient (Wildman–Crippen LogP) is 0.114. The summed E-state index contributed by atoms with van der Waals surface area (Å²) in [6.07, 6.45) is 0.578. The van der Waals surface area contributed by atoms with Gasteiger partial charge in [0.15, 0.2) is 0 Å². The Morgan fingerprint density at radius 1 is 1.48 bits per heavy atom. The number of benzene rings is 1. The van der Waals surface area contributed by atoms with E-state index in [9.17, 15) is 18.0 Å². The molecular formula is C13H16N2O5S. The lowest BCUT2D eigenvalue weighted by Crippen LogP contribution is -2.36. The van der Waals surface area contributed by atoms with Gasteiger partial charge in [-0.1, -0.05) is 13.0 Å². The van der Waals surface area contributed by atoms with Crippen LogP contribution in [0.5, 0.6) is 0 Å². The third-order valence-corrected chi connectivity index (χ3v) is 4.82. The van der Waals surface area contributed by atoms with E-state index in [1.807, 2.05) is 0 Å². The van der Waals surface area contributed by atoms with Crippen LogP contribution in [0.3, 0.4) is 0 Å². The zero-order chi connectivity index (χ0) is 15.6. The molecule has 1 aromatic rings. The average Bonchev–Trinajstić information content (AvgIpc) is 2.82. The molecule has 1 fully saturated rings. The molecule has 21 heavy (non-hydrogen) atoms. The van der Waals surface area contributed by atoms with Gasteiger partial charge in [0.1, 0.15) is 0 Å². The van der Waals surface area contributed by atoms with Gasteiger partial charge in [0.05, 0.1) is 10.5 Å². The van der Waals surface area contributed by atoms with Crippen LogP contribution >= 0.6 is 0 Å². The summed E-state index contributed by atoms with van der Waals surface area (Å²) in [5, 5.41) is 11.7. The van der Waals surface area contributed by atoms with Crippen LogP contribution in [0.4, 0.5) is 0 Å². The predicted molar refractivity (Wildman–Crippen MR) is 74.5 cm³/mol. The quantitative estimate of drug-likeness (QED) is 0.714. The number of carboxylic acids is 1. The van der Waals surface area contributed by atoms with Gasteiger partial charge in [-0.2, -0.15) is 0 Å². The Morgan fingerprint density at radius 2 is 2.19 bits per heavy atom. The molecule has 0 aliphatic carbocycles. The third-order valence-electron chi connectivity index (χ3n) is 3.30. The van der Waals surface area contributed by atoms with Crippen molar-refractivity contribution in [3.8, 4) is 0 Å². The Hall–Kier alpha value is -1.93. The highest BCUT2D eigenvalue weighted by Gasteiger charge is 2.27. The lowest BCUT2D eigenvalue weighted by molar-refractivity contribution is -0.119. The first kappa shape index (κ1) is 15.5. The summed E-state index contributed by atoms with van der Waals surface area (Å²) in [5.41, 5.74) is 0.542. The van der Waals surface area contributed by atoms with Crippen molar-refractivity contribution in [1.82, 2.24) is 10.0 Å². The number of hydrogen-bond donors (Lipinski definition) is 3. The van der Waals surface area contributed by atoms with E-state index in [-0.39, 0.29) is 29.3 Å². The number of aromatic carboxylic acids is 1. The minimum absolute atomic E-state index is 0.0269. The highest BCUT2D eigenvalue weighted by atomic mass is 32.2. The van der Waals surface area contributed by atoms with Crippen LogP contribution in [0.2, 0.25) is 0 Å². The van der Waals surface area contributed by atoms with Crippen molar-refractivity contribution in [3.63, 3.8) is 0 Å². The molecule has 0 radical (unpaired) electrons. The Bertz CT molecular complexity index is 684. The van der Waals surface area contributed by atoms with E-state index in [4.69, 9.17) is 5.11 Å². The molecule has 0 spiro atoms. The first-order valence-electron chi connectivity index (χ1n) is 6.48. The number of hydrogen-bond acceptors (Lipinski definition) is 4. The van der Waals surface area contributed by atoms with Crippen molar-refractivity contribution >= 4 is 21.9 Å². The number of aryl methyl sites for hydroxylation is 1. The molecule has 1 saturated heterocycles. The highest BCUT2D eigenvalue weighted by Crippen LogP contribution is 2.18. The largest absolute Gasteiger partial charge is 0.478 e. The molecule has 0 aromatic heterocycles. The van der Waals surface area contributed by atoms with Crippen LogP contribution in [0.25, 0.3) is 0 Å². The van der Waals surface area contributed by atoms with Crippen molar-refractivity contribution in [2.45, 2.75) is 30.7 Å². The topological polar surface area (TPSA) is 113 Å². The van der Waals surface area contributed by atoms with E-state index < -0.39 is 22.0 Å². The first-order valence-corrected chi connectivity index (χ1v) is 7.97. The van der Waals surface area contributed by atoms with Crippen LogP contribution in [-0.2, 0) is 21.2 Å². The average molecular weight is 312 g/mol. The fourth-order valence-corrected chi connectivity index (χ4v) is 3.47. The molecule has 1 aromatic carbocycles. The number of rotatable bonds is 5. The van der Waals surface area contributed by atoms with Crippen molar-refractivity contribution in [3.05, 3.63) is 29.3 Å². The van der Waals surface area contributed by atoms with Gasteiger partial charge in [0, 0.05) is 19.0 Å². The molecule has 0 saturated carbocycles. The fraction of sp³-hybridized carbons (Fsp3) is 0.385. The maximum Gasteiger partial charge on any atom is 0.336 e. The molecule has 3 N–H and O–H groups in total. The maximum atomic E-state index is 12.2. The molecule has 1 heterocycles. The summed E-state index contributed by atoms with van der Waals surface area (Å²) in [4.78, 5) is 22.1. The SMILES string of the molecule is CCc1ccc(S(=O)(=O)NC2CNC(=O)C2)cc1C(=O)O. The van der Waals surface area contributed by atoms with Crippen molar-refractivity contribution in [2.75, 3.05) is 6.54 Å². The van der Waals surface area contributed by atoms with Gasteiger partial charge in [-0.15, -0.1) is 0 Å². The molecule has 7 nitrogen and oxygen atoms in total. The van der Waals surface area contributed by atoms with Crippen LogP contribution in [-0.4, -0.2) is 38.0 Å². The molecule has 1 unspecified atom stereocenters. The van der Waals surface area contributed by atoms with Gasteiger partial charge >= 0.3 is 5.97 Å². The Morgan fingerprint density at radius 3 is 2.71 bits per heavy atom. The summed E-state index contributed by atoms with van der Waals surface area (Å²) >= 11 is 0. The Kier molecular flexibility index (Phi) is 4.29. The minimum atomic E-state index is -3.85. The fourth-order valence-electron chi connectivity index (χ4n) is 2.21. The van der Waals surface area contributed by atoms with Crippen LogP contribution in [0.15, 0.2) is 23.1 Å².